The molecule has 0 fully saturated rings. The van der Waals surface area contributed by atoms with Crippen LogP contribution in [0.4, 0.5) is 4.39 Å². The summed E-state index contributed by atoms with van der Waals surface area (Å²) >= 11 is 0. The summed E-state index contributed by atoms with van der Waals surface area (Å²) in [6.07, 6.45) is 1.38. The molecule has 0 spiro atoms. The number of nitrogens with one attached hydrogen (secondary N) is 1. The van der Waals surface area contributed by atoms with Gasteiger partial charge in [0.2, 0.25) is 0 Å². The monoisotopic (exact) mass is 275 g/mol. The van der Waals surface area contributed by atoms with Crippen molar-refractivity contribution in [1.82, 2.24) is 4.98 Å². The topological polar surface area (TPSA) is 59.2 Å². The Morgan fingerprint density at radius 3 is 2.75 bits per heavy atom. The molecule has 2 aromatic rings. The van der Waals surface area contributed by atoms with Gasteiger partial charge in [-0.2, -0.15) is 0 Å². The highest BCUT2D eigenvalue weighted by molar-refractivity contribution is 6.00. The van der Waals surface area contributed by atoms with Gasteiger partial charge < -0.3 is 9.72 Å². The summed E-state index contributed by atoms with van der Waals surface area (Å²) in [5.74, 6) is -1.19. The molecule has 2 rings (SSSR count). The zero-order valence-electron chi connectivity index (χ0n) is 11.0. The van der Waals surface area contributed by atoms with Crippen LogP contribution in [0.15, 0.2) is 36.5 Å². The molecule has 0 unspecified atom stereocenters. The fourth-order valence-electron chi connectivity index (χ4n) is 1.80. The van der Waals surface area contributed by atoms with Gasteiger partial charge in [-0.25, -0.2) is 9.18 Å². The number of H-pyrrole nitrogens is 1. The number of aromatic amines is 1. The maximum atomic E-state index is 13.5. The van der Waals surface area contributed by atoms with Crippen molar-refractivity contribution in [1.29, 1.82) is 0 Å². The average Bonchev–Trinajstić information content (AvgIpc) is 2.91. The van der Waals surface area contributed by atoms with Crippen LogP contribution in [0.2, 0.25) is 0 Å². The van der Waals surface area contributed by atoms with Crippen molar-refractivity contribution >= 4 is 11.8 Å². The van der Waals surface area contributed by atoms with Crippen molar-refractivity contribution in [2.24, 2.45) is 0 Å². The summed E-state index contributed by atoms with van der Waals surface area (Å²) in [5.41, 5.74) is 0.872. The highest BCUT2D eigenvalue weighted by Gasteiger charge is 2.15. The van der Waals surface area contributed by atoms with E-state index in [1.165, 1.54) is 18.3 Å². The molecule has 0 saturated carbocycles. The predicted molar refractivity (Wildman–Crippen MR) is 71.2 cm³/mol. The number of ether oxygens (including phenoxy) is 1. The fraction of sp³-hybridized carbons (Fsp3) is 0.200. The highest BCUT2D eigenvalue weighted by atomic mass is 19.1. The first-order valence-electron chi connectivity index (χ1n) is 6.24. The van der Waals surface area contributed by atoms with E-state index in [-0.39, 0.29) is 24.5 Å². The second kappa shape index (κ2) is 6.14. The van der Waals surface area contributed by atoms with Crippen molar-refractivity contribution in [3.63, 3.8) is 0 Å². The molecule has 0 amide bonds. The smallest absolute Gasteiger partial charge is 0.354 e. The third-order valence-corrected chi connectivity index (χ3v) is 2.81. The Bertz CT molecular complexity index is 634. The number of rotatable bonds is 5. The van der Waals surface area contributed by atoms with E-state index < -0.39 is 11.8 Å². The van der Waals surface area contributed by atoms with Gasteiger partial charge in [0, 0.05) is 18.2 Å². The number of hydrogen-bond donors (Lipinski definition) is 1. The van der Waals surface area contributed by atoms with Crippen LogP contribution in [-0.2, 0) is 11.2 Å². The molecule has 4 nitrogen and oxygen atoms in total. The summed E-state index contributed by atoms with van der Waals surface area (Å²) in [5, 5.41) is 0. The van der Waals surface area contributed by atoms with Crippen molar-refractivity contribution < 1.29 is 18.7 Å². The van der Waals surface area contributed by atoms with Gasteiger partial charge in [-0.05, 0) is 24.6 Å². The Morgan fingerprint density at radius 2 is 2.05 bits per heavy atom. The SMILES string of the molecule is CCOC(=O)c1cc(C(=O)Cc2ccccc2F)c[nH]1. The molecule has 0 aliphatic heterocycles. The molecule has 0 aliphatic carbocycles. The lowest BCUT2D eigenvalue weighted by Crippen LogP contribution is -2.05. The maximum absolute atomic E-state index is 13.5. The van der Waals surface area contributed by atoms with E-state index in [1.807, 2.05) is 0 Å². The number of carbonyl (C=O) groups excluding carboxylic acids is 2. The summed E-state index contributed by atoms with van der Waals surface area (Å²) in [6, 6.07) is 7.53. The van der Waals surface area contributed by atoms with Gasteiger partial charge in [-0.1, -0.05) is 18.2 Å². The third-order valence-electron chi connectivity index (χ3n) is 2.81. The lowest BCUT2D eigenvalue weighted by molar-refractivity contribution is 0.0520. The van der Waals surface area contributed by atoms with E-state index in [0.717, 1.165) is 0 Å². The van der Waals surface area contributed by atoms with Gasteiger partial charge in [0.1, 0.15) is 11.5 Å². The number of Topliss-reactive ketones (excluding diaryl/α,β-unsaturated/α-hetero) is 1. The number of benzene rings is 1. The Morgan fingerprint density at radius 1 is 1.30 bits per heavy atom. The van der Waals surface area contributed by atoms with Gasteiger partial charge in [0.15, 0.2) is 5.78 Å². The van der Waals surface area contributed by atoms with Crippen molar-refractivity contribution in [3.05, 3.63) is 59.2 Å². The standard InChI is InChI=1S/C15H14FNO3/c1-2-20-15(19)13-7-11(9-17-13)14(18)8-10-5-3-4-6-12(10)16/h3-7,9,17H,2,8H2,1H3. The molecule has 1 aromatic carbocycles. The first kappa shape index (κ1) is 14.0. The molecule has 0 aliphatic rings. The van der Waals surface area contributed by atoms with E-state index in [2.05, 4.69) is 4.98 Å². The normalized spacial score (nSPS) is 10.3. The fourth-order valence-corrected chi connectivity index (χ4v) is 1.80. The zero-order chi connectivity index (χ0) is 14.5. The lowest BCUT2D eigenvalue weighted by atomic mass is 10.0. The third kappa shape index (κ3) is 3.12. The first-order valence-corrected chi connectivity index (χ1v) is 6.24. The minimum Gasteiger partial charge on any atom is -0.461 e. The molecule has 5 heteroatoms. The van der Waals surface area contributed by atoms with Gasteiger partial charge >= 0.3 is 5.97 Å². The van der Waals surface area contributed by atoms with Crippen LogP contribution < -0.4 is 0 Å². The summed E-state index contributed by atoms with van der Waals surface area (Å²) < 4.78 is 18.3. The molecule has 1 heterocycles. The molecule has 0 bridgehead atoms. The Balaban J connectivity index is 2.11. The van der Waals surface area contributed by atoms with E-state index in [9.17, 15) is 14.0 Å². The van der Waals surface area contributed by atoms with Crippen molar-refractivity contribution in [2.75, 3.05) is 6.61 Å². The van der Waals surface area contributed by atoms with E-state index in [0.29, 0.717) is 11.1 Å². The van der Waals surface area contributed by atoms with Gasteiger partial charge in [0.25, 0.3) is 0 Å². The largest absolute Gasteiger partial charge is 0.461 e. The maximum Gasteiger partial charge on any atom is 0.354 e. The molecule has 1 N–H and O–H groups in total. The molecular weight excluding hydrogens is 261 g/mol. The molecule has 0 atom stereocenters. The number of hydrogen-bond acceptors (Lipinski definition) is 3. The number of carbonyl (C=O) groups is 2. The number of esters is 1. The van der Waals surface area contributed by atoms with E-state index in [4.69, 9.17) is 4.74 Å². The second-order valence-electron chi connectivity index (χ2n) is 4.21. The predicted octanol–water partition coefficient (Wildman–Crippen LogP) is 2.76. The van der Waals surface area contributed by atoms with Crippen LogP contribution >= 0.6 is 0 Å². The van der Waals surface area contributed by atoms with Crippen molar-refractivity contribution in [3.8, 4) is 0 Å². The highest BCUT2D eigenvalue weighted by Crippen LogP contribution is 2.12. The summed E-state index contributed by atoms with van der Waals surface area (Å²) in [4.78, 5) is 26.2. The van der Waals surface area contributed by atoms with Gasteiger partial charge in [-0.3, -0.25) is 4.79 Å². The minimum absolute atomic E-state index is 0.0488. The van der Waals surface area contributed by atoms with Crippen LogP contribution in [0.3, 0.4) is 0 Å². The van der Waals surface area contributed by atoms with Crippen LogP contribution in [0.1, 0.15) is 33.3 Å². The Kier molecular flexibility index (Phi) is 4.30. The average molecular weight is 275 g/mol. The second-order valence-corrected chi connectivity index (χ2v) is 4.21. The number of aromatic nitrogens is 1. The summed E-state index contributed by atoms with van der Waals surface area (Å²) in [7, 11) is 0. The molecule has 20 heavy (non-hydrogen) atoms. The van der Waals surface area contributed by atoms with E-state index >= 15 is 0 Å². The van der Waals surface area contributed by atoms with Gasteiger partial charge in [-0.15, -0.1) is 0 Å². The van der Waals surface area contributed by atoms with Crippen LogP contribution in [0.5, 0.6) is 0 Å². The summed E-state index contributed by atoms with van der Waals surface area (Å²) in [6.45, 7) is 1.96. The number of halogens is 1. The molecule has 104 valence electrons. The quantitative estimate of drug-likeness (QED) is 0.674. The minimum atomic E-state index is -0.516. The zero-order valence-corrected chi connectivity index (χ0v) is 11.0. The van der Waals surface area contributed by atoms with Crippen LogP contribution in [-0.4, -0.2) is 23.3 Å². The van der Waals surface area contributed by atoms with E-state index in [1.54, 1.807) is 25.1 Å². The molecule has 0 saturated heterocycles. The van der Waals surface area contributed by atoms with Crippen LogP contribution in [0.25, 0.3) is 0 Å². The van der Waals surface area contributed by atoms with Crippen molar-refractivity contribution in [2.45, 2.75) is 13.3 Å². The lowest BCUT2D eigenvalue weighted by Gasteiger charge is -2.00. The molecule has 1 aromatic heterocycles. The van der Waals surface area contributed by atoms with Crippen LogP contribution in [0, 0.1) is 5.82 Å². The Labute approximate surface area is 115 Å². The number of ketones is 1. The van der Waals surface area contributed by atoms with Gasteiger partial charge in [0.05, 0.1) is 6.61 Å². The first-order chi connectivity index (χ1) is 9.61. The Hall–Kier alpha value is -2.43. The molecular formula is C15H14FNO3. The molecule has 0 radical (unpaired) electrons.